The maximum Gasteiger partial charge on any atom is 0.282 e. The minimum atomic E-state index is -0.304. The molecule has 0 bridgehead atoms. The lowest BCUT2D eigenvalue weighted by Crippen LogP contribution is -2.28. The molecule has 0 aliphatic heterocycles. The summed E-state index contributed by atoms with van der Waals surface area (Å²) < 4.78 is 0.240. The van der Waals surface area contributed by atoms with Gasteiger partial charge in [-0.3, -0.25) is 9.59 Å². The highest BCUT2D eigenvalue weighted by molar-refractivity contribution is 7.17. The Morgan fingerprint density at radius 1 is 1.39 bits per heavy atom. The zero-order chi connectivity index (χ0) is 13.0. The Morgan fingerprint density at radius 3 is 2.78 bits per heavy atom. The summed E-state index contributed by atoms with van der Waals surface area (Å²) in [5, 5.41) is 13.0. The lowest BCUT2D eigenvalue weighted by molar-refractivity contribution is -0.121. The Labute approximate surface area is 113 Å². The Hall–Kier alpha value is -1.21. The molecule has 0 aromatic carbocycles. The van der Waals surface area contributed by atoms with E-state index in [9.17, 15) is 9.59 Å². The number of hydrogen-bond acceptors (Lipinski definition) is 5. The highest BCUT2D eigenvalue weighted by atomic mass is 35.5. The molecule has 0 atom stereocenters. The van der Waals surface area contributed by atoms with Crippen LogP contribution in [-0.2, 0) is 4.79 Å². The number of amides is 2. The van der Waals surface area contributed by atoms with Gasteiger partial charge in [-0.2, -0.15) is 0 Å². The summed E-state index contributed by atoms with van der Waals surface area (Å²) in [6.45, 7) is 0.439. The van der Waals surface area contributed by atoms with Crippen LogP contribution in [0.2, 0.25) is 4.47 Å². The van der Waals surface area contributed by atoms with Crippen molar-refractivity contribution in [1.29, 1.82) is 0 Å². The number of halogens is 1. The van der Waals surface area contributed by atoms with Gasteiger partial charge in [-0.15, -0.1) is 10.2 Å². The van der Waals surface area contributed by atoms with E-state index in [4.69, 9.17) is 11.6 Å². The van der Waals surface area contributed by atoms with Gasteiger partial charge in [0, 0.05) is 19.0 Å². The van der Waals surface area contributed by atoms with Gasteiger partial charge in [-0.1, -0.05) is 11.3 Å². The topological polar surface area (TPSA) is 84.0 Å². The molecule has 6 nitrogen and oxygen atoms in total. The largest absolute Gasteiger partial charge is 0.353 e. The van der Waals surface area contributed by atoms with Crippen LogP contribution >= 0.6 is 22.9 Å². The van der Waals surface area contributed by atoms with Crippen molar-refractivity contribution >= 4 is 34.8 Å². The molecular weight excluding hydrogens is 276 g/mol. The Bertz CT molecular complexity index is 447. The quantitative estimate of drug-likeness (QED) is 0.764. The third kappa shape index (κ3) is 4.23. The molecule has 2 rings (SSSR count). The lowest BCUT2D eigenvalue weighted by atomic mass is 10.3. The van der Waals surface area contributed by atoms with Crippen LogP contribution in [0.4, 0.5) is 0 Å². The van der Waals surface area contributed by atoms with Crippen LogP contribution in [0.1, 0.15) is 35.5 Å². The van der Waals surface area contributed by atoms with E-state index in [0.29, 0.717) is 25.4 Å². The number of hydrogen-bond donors (Lipinski definition) is 2. The number of rotatable bonds is 6. The van der Waals surface area contributed by atoms with Crippen molar-refractivity contribution in [3.63, 3.8) is 0 Å². The minimum Gasteiger partial charge on any atom is -0.353 e. The van der Waals surface area contributed by atoms with E-state index in [0.717, 1.165) is 24.2 Å². The first-order chi connectivity index (χ1) is 8.65. The maximum absolute atomic E-state index is 11.5. The lowest BCUT2D eigenvalue weighted by Gasteiger charge is -2.03. The van der Waals surface area contributed by atoms with Gasteiger partial charge in [0.15, 0.2) is 0 Å². The molecule has 1 heterocycles. The monoisotopic (exact) mass is 288 g/mol. The van der Waals surface area contributed by atoms with E-state index in [-0.39, 0.29) is 21.3 Å². The molecule has 18 heavy (non-hydrogen) atoms. The molecule has 1 aliphatic carbocycles. The molecule has 0 radical (unpaired) electrons. The van der Waals surface area contributed by atoms with Crippen molar-refractivity contribution in [2.45, 2.75) is 31.7 Å². The number of carbonyl (C=O) groups is 2. The normalized spacial score (nSPS) is 14.3. The van der Waals surface area contributed by atoms with Gasteiger partial charge >= 0.3 is 0 Å². The van der Waals surface area contributed by atoms with E-state index in [1.165, 1.54) is 0 Å². The van der Waals surface area contributed by atoms with Crippen LogP contribution in [0.15, 0.2) is 0 Å². The van der Waals surface area contributed by atoms with Gasteiger partial charge in [-0.25, -0.2) is 0 Å². The predicted octanol–water partition coefficient (Wildman–Crippen LogP) is 0.980. The van der Waals surface area contributed by atoms with Gasteiger partial charge in [-0.05, 0) is 30.9 Å². The summed E-state index contributed by atoms with van der Waals surface area (Å²) >= 11 is 6.60. The molecule has 0 spiro atoms. The number of aromatic nitrogens is 2. The molecular formula is C10H13ClN4O2S. The first-order valence-electron chi connectivity index (χ1n) is 5.71. The summed E-state index contributed by atoms with van der Waals surface area (Å²) in [5.74, 6) is -0.257. The highest BCUT2D eigenvalue weighted by Crippen LogP contribution is 2.18. The SMILES string of the molecule is O=C(CCCNC(=O)c1nnc(Cl)s1)NC1CC1. The fourth-order valence-electron chi connectivity index (χ4n) is 1.35. The fourth-order valence-corrected chi connectivity index (χ4v) is 2.10. The Balaban J connectivity index is 1.59. The van der Waals surface area contributed by atoms with E-state index in [2.05, 4.69) is 20.8 Å². The van der Waals surface area contributed by atoms with Gasteiger partial charge in [0.2, 0.25) is 15.4 Å². The van der Waals surface area contributed by atoms with Crippen molar-refractivity contribution in [2.24, 2.45) is 0 Å². The number of nitrogens with one attached hydrogen (secondary N) is 2. The van der Waals surface area contributed by atoms with E-state index in [1.54, 1.807) is 0 Å². The molecule has 1 aromatic heterocycles. The van der Waals surface area contributed by atoms with E-state index in [1.807, 2.05) is 0 Å². The van der Waals surface area contributed by atoms with Gasteiger partial charge < -0.3 is 10.6 Å². The first kappa shape index (κ1) is 13.2. The maximum atomic E-state index is 11.5. The molecule has 98 valence electrons. The predicted molar refractivity (Wildman–Crippen MR) is 67.7 cm³/mol. The number of nitrogens with zero attached hydrogens (tertiary/aromatic N) is 2. The van der Waals surface area contributed by atoms with Crippen LogP contribution < -0.4 is 10.6 Å². The third-order valence-electron chi connectivity index (χ3n) is 2.40. The summed E-state index contributed by atoms with van der Waals surface area (Å²) in [6, 6.07) is 0.385. The average molecular weight is 289 g/mol. The highest BCUT2D eigenvalue weighted by Gasteiger charge is 2.22. The fraction of sp³-hybridized carbons (Fsp3) is 0.600. The standard InChI is InChI=1S/C10H13ClN4O2S/c11-10-15-14-9(18-10)8(17)12-5-1-2-7(16)13-6-3-4-6/h6H,1-5H2,(H,12,17)(H,13,16). The molecule has 1 fully saturated rings. The van der Waals surface area contributed by atoms with Crippen LogP contribution in [0.5, 0.6) is 0 Å². The van der Waals surface area contributed by atoms with Crippen molar-refractivity contribution in [1.82, 2.24) is 20.8 Å². The van der Waals surface area contributed by atoms with Gasteiger partial charge in [0.1, 0.15) is 0 Å². The molecule has 0 saturated heterocycles. The van der Waals surface area contributed by atoms with Gasteiger partial charge in [0.05, 0.1) is 0 Å². The zero-order valence-electron chi connectivity index (χ0n) is 9.61. The zero-order valence-corrected chi connectivity index (χ0v) is 11.2. The summed E-state index contributed by atoms with van der Waals surface area (Å²) in [5.41, 5.74) is 0. The minimum absolute atomic E-state index is 0.0470. The molecule has 1 saturated carbocycles. The van der Waals surface area contributed by atoms with Crippen molar-refractivity contribution in [3.05, 3.63) is 9.47 Å². The summed E-state index contributed by atoms with van der Waals surface area (Å²) in [6.07, 6.45) is 3.20. The van der Waals surface area contributed by atoms with Crippen LogP contribution in [0.3, 0.4) is 0 Å². The molecule has 8 heteroatoms. The Morgan fingerprint density at radius 2 is 2.17 bits per heavy atom. The molecule has 1 aliphatic rings. The second-order valence-electron chi connectivity index (χ2n) is 4.06. The summed E-state index contributed by atoms with van der Waals surface area (Å²) in [7, 11) is 0. The van der Waals surface area contributed by atoms with Gasteiger partial charge in [0.25, 0.3) is 5.91 Å². The van der Waals surface area contributed by atoms with Crippen molar-refractivity contribution < 1.29 is 9.59 Å². The second-order valence-corrected chi connectivity index (χ2v) is 5.62. The van der Waals surface area contributed by atoms with E-state index < -0.39 is 0 Å². The Kier molecular flexibility index (Phi) is 4.48. The van der Waals surface area contributed by atoms with Crippen LogP contribution in [0, 0.1) is 0 Å². The van der Waals surface area contributed by atoms with Crippen LogP contribution in [-0.4, -0.2) is 34.6 Å². The first-order valence-corrected chi connectivity index (χ1v) is 6.91. The van der Waals surface area contributed by atoms with Crippen molar-refractivity contribution in [2.75, 3.05) is 6.54 Å². The smallest absolute Gasteiger partial charge is 0.282 e. The summed E-state index contributed by atoms with van der Waals surface area (Å²) in [4.78, 5) is 22.9. The number of carbonyl (C=O) groups excluding carboxylic acids is 2. The molecule has 1 aromatic rings. The van der Waals surface area contributed by atoms with Crippen molar-refractivity contribution in [3.8, 4) is 0 Å². The average Bonchev–Trinajstić information content (AvgIpc) is 3.03. The third-order valence-corrected chi connectivity index (χ3v) is 3.42. The molecule has 2 N–H and O–H groups in total. The second kappa shape index (κ2) is 6.10. The van der Waals surface area contributed by atoms with E-state index >= 15 is 0 Å². The van der Waals surface area contributed by atoms with Crippen LogP contribution in [0.25, 0.3) is 0 Å². The molecule has 0 unspecified atom stereocenters. The molecule has 2 amide bonds.